The first-order valence-corrected chi connectivity index (χ1v) is 7.13. The van der Waals surface area contributed by atoms with E-state index in [-0.39, 0.29) is 0 Å². The van der Waals surface area contributed by atoms with Crippen LogP contribution in [-0.2, 0) is 18.7 Å². The molecule has 0 radical (unpaired) electrons. The van der Waals surface area contributed by atoms with E-state index in [1.807, 2.05) is 36.4 Å². The van der Waals surface area contributed by atoms with Crippen LogP contribution < -0.4 is 4.74 Å². The van der Waals surface area contributed by atoms with Crippen LogP contribution in [0.25, 0.3) is 0 Å². The number of methoxy groups -OCH3 is 1. The topological polar surface area (TPSA) is 27.1 Å². The Balaban J connectivity index is 1.54. The van der Waals surface area contributed by atoms with Gasteiger partial charge < -0.3 is 9.30 Å². The van der Waals surface area contributed by atoms with Gasteiger partial charge in [0.15, 0.2) is 0 Å². The average molecular weight is 260 g/mol. The first-order valence-electron chi connectivity index (χ1n) is 6.08. The van der Waals surface area contributed by atoms with Gasteiger partial charge in [0.1, 0.15) is 5.75 Å². The Hall–Kier alpha value is -1.42. The summed E-state index contributed by atoms with van der Waals surface area (Å²) in [5, 5.41) is 0.685. The minimum atomic E-state index is 0.685. The number of nitrogens with zero attached hydrogens (tertiary/aromatic N) is 2. The lowest BCUT2D eigenvalue weighted by molar-refractivity contribution is 0.414. The fraction of sp³-hybridized carbons (Fsp3) is 0.357. The molecule has 1 aliphatic heterocycles. The molecule has 3 rings (SSSR count). The van der Waals surface area contributed by atoms with Crippen LogP contribution in [-0.4, -0.2) is 21.9 Å². The molecule has 3 nitrogen and oxygen atoms in total. The Kier molecular flexibility index (Phi) is 3.28. The van der Waals surface area contributed by atoms with Crippen molar-refractivity contribution in [3.05, 3.63) is 48.0 Å². The van der Waals surface area contributed by atoms with Crippen molar-refractivity contribution >= 4 is 11.8 Å². The van der Waals surface area contributed by atoms with Crippen LogP contribution in [0.3, 0.4) is 0 Å². The molecule has 4 heteroatoms. The SMILES string of the molecule is COc1ccc(CSC2Cc3cncn3C2)cc1. The third-order valence-electron chi connectivity index (χ3n) is 3.28. The average Bonchev–Trinajstić information content (AvgIpc) is 2.97. The van der Waals surface area contributed by atoms with Gasteiger partial charge in [0.05, 0.1) is 13.4 Å². The Bertz CT molecular complexity index is 500. The highest BCUT2D eigenvalue weighted by Crippen LogP contribution is 2.28. The van der Waals surface area contributed by atoms with Crippen molar-refractivity contribution in [1.29, 1.82) is 0 Å². The van der Waals surface area contributed by atoms with Gasteiger partial charge >= 0.3 is 0 Å². The highest BCUT2D eigenvalue weighted by Gasteiger charge is 2.21. The molecule has 0 amide bonds. The monoisotopic (exact) mass is 260 g/mol. The van der Waals surface area contributed by atoms with E-state index in [1.54, 1.807) is 7.11 Å². The van der Waals surface area contributed by atoms with E-state index in [1.165, 1.54) is 11.3 Å². The van der Waals surface area contributed by atoms with E-state index in [9.17, 15) is 0 Å². The maximum absolute atomic E-state index is 5.16. The van der Waals surface area contributed by atoms with Crippen molar-refractivity contribution in [2.75, 3.05) is 7.11 Å². The summed E-state index contributed by atoms with van der Waals surface area (Å²) in [7, 11) is 1.70. The first kappa shape index (κ1) is 11.7. The van der Waals surface area contributed by atoms with Gasteiger partial charge in [0.2, 0.25) is 0 Å². The van der Waals surface area contributed by atoms with Gasteiger partial charge in [0, 0.05) is 35.9 Å². The van der Waals surface area contributed by atoms with Crippen molar-refractivity contribution < 1.29 is 4.74 Å². The zero-order valence-electron chi connectivity index (χ0n) is 10.4. The predicted molar refractivity (Wildman–Crippen MR) is 74.0 cm³/mol. The number of rotatable bonds is 4. The molecule has 0 saturated heterocycles. The van der Waals surface area contributed by atoms with E-state index < -0.39 is 0 Å². The lowest BCUT2D eigenvalue weighted by Gasteiger charge is -2.09. The zero-order valence-corrected chi connectivity index (χ0v) is 11.2. The van der Waals surface area contributed by atoms with E-state index in [2.05, 4.69) is 21.7 Å². The molecule has 0 N–H and O–H groups in total. The number of imidazole rings is 1. The van der Waals surface area contributed by atoms with E-state index >= 15 is 0 Å². The minimum absolute atomic E-state index is 0.685. The van der Waals surface area contributed by atoms with Gasteiger partial charge in [-0.3, -0.25) is 0 Å². The molecule has 94 valence electrons. The standard InChI is InChI=1S/C14H16N2OS/c1-17-13-4-2-11(3-5-13)9-18-14-6-12-7-15-10-16(12)8-14/h2-5,7,10,14H,6,8-9H2,1H3. The number of thioether (sulfide) groups is 1. The van der Waals surface area contributed by atoms with E-state index in [4.69, 9.17) is 4.74 Å². The molecule has 0 bridgehead atoms. The molecular formula is C14H16N2OS. The lowest BCUT2D eigenvalue weighted by Crippen LogP contribution is -2.04. The van der Waals surface area contributed by atoms with Crippen LogP contribution in [0.4, 0.5) is 0 Å². The molecule has 18 heavy (non-hydrogen) atoms. The molecule has 1 atom stereocenters. The highest BCUT2D eigenvalue weighted by atomic mass is 32.2. The van der Waals surface area contributed by atoms with Crippen LogP contribution >= 0.6 is 11.8 Å². The van der Waals surface area contributed by atoms with Crippen LogP contribution in [0.5, 0.6) is 5.75 Å². The fourth-order valence-electron chi connectivity index (χ4n) is 2.25. The maximum atomic E-state index is 5.16. The molecule has 2 aromatic rings. The molecule has 1 aliphatic rings. The number of ether oxygens (including phenoxy) is 1. The van der Waals surface area contributed by atoms with Crippen LogP contribution in [0.1, 0.15) is 11.3 Å². The Morgan fingerprint density at radius 3 is 2.94 bits per heavy atom. The highest BCUT2D eigenvalue weighted by molar-refractivity contribution is 7.99. The molecular weight excluding hydrogens is 244 g/mol. The van der Waals surface area contributed by atoms with Crippen LogP contribution in [0.2, 0.25) is 0 Å². The molecule has 1 unspecified atom stereocenters. The molecule has 2 heterocycles. The summed E-state index contributed by atoms with van der Waals surface area (Å²) < 4.78 is 7.42. The second-order valence-corrected chi connectivity index (χ2v) is 5.81. The number of hydrogen-bond donors (Lipinski definition) is 0. The van der Waals surface area contributed by atoms with Crippen molar-refractivity contribution in [3.63, 3.8) is 0 Å². The van der Waals surface area contributed by atoms with Crippen LogP contribution in [0, 0.1) is 0 Å². The maximum Gasteiger partial charge on any atom is 0.118 e. The fourth-order valence-corrected chi connectivity index (χ4v) is 3.42. The predicted octanol–water partition coefficient (Wildman–Crippen LogP) is 2.75. The van der Waals surface area contributed by atoms with Gasteiger partial charge in [-0.15, -0.1) is 0 Å². The largest absolute Gasteiger partial charge is 0.497 e. The summed E-state index contributed by atoms with van der Waals surface area (Å²) in [5.74, 6) is 1.99. The van der Waals surface area contributed by atoms with Gasteiger partial charge in [0.25, 0.3) is 0 Å². The normalized spacial score (nSPS) is 17.7. The minimum Gasteiger partial charge on any atom is -0.497 e. The number of benzene rings is 1. The summed E-state index contributed by atoms with van der Waals surface area (Å²) in [6.45, 7) is 1.09. The summed E-state index contributed by atoms with van der Waals surface area (Å²) >= 11 is 2.02. The summed E-state index contributed by atoms with van der Waals surface area (Å²) in [6.07, 6.45) is 5.05. The summed E-state index contributed by atoms with van der Waals surface area (Å²) in [6, 6.07) is 8.33. The van der Waals surface area contributed by atoms with Crippen molar-refractivity contribution in [2.45, 2.75) is 24.0 Å². The van der Waals surface area contributed by atoms with E-state index in [0.717, 1.165) is 24.5 Å². The summed E-state index contributed by atoms with van der Waals surface area (Å²) in [4.78, 5) is 4.16. The van der Waals surface area contributed by atoms with Crippen molar-refractivity contribution in [2.24, 2.45) is 0 Å². The number of fused-ring (bicyclic) bond motifs is 1. The van der Waals surface area contributed by atoms with Gasteiger partial charge in [-0.05, 0) is 17.7 Å². The summed E-state index contributed by atoms with van der Waals surface area (Å²) in [5.41, 5.74) is 2.72. The third kappa shape index (κ3) is 2.38. The van der Waals surface area contributed by atoms with Gasteiger partial charge in [-0.25, -0.2) is 4.98 Å². The smallest absolute Gasteiger partial charge is 0.118 e. The lowest BCUT2D eigenvalue weighted by atomic mass is 10.2. The number of hydrogen-bond acceptors (Lipinski definition) is 3. The van der Waals surface area contributed by atoms with Crippen molar-refractivity contribution in [3.8, 4) is 5.75 Å². The molecule has 0 fully saturated rings. The second-order valence-electron chi connectivity index (χ2n) is 4.52. The Morgan fingerprint density at radius 2 is 2.22 bits per heavy atom. The van der Waals surface area contributed by atoms with Gasteiger partial charge in [-0.2, -0.15) is 11.8 Å². The molecule has 0 aliphatic carbocycles. The van der Waals surface area contributed by atoms with Crippen LogP contribution in [0.15, 0.2) is 36.8 Å². The number of aromatic nitrogens is 2. The third-order valence-corrected chi connectivity index (χ3v) is 4.57. The van der Waals surface area contributed by atoms with E-state index in [0.29, 0.717) is 5.25 Å². The zero-order chi connectivity index (χ0) is 12.4. The quantitative estimate of drug-likeness (QED) is 0.846. The molecule has 0 spiro atoms. The molecule has 0 saturated carbocycles. The Labute approximate surface area is 111 Å². The van der Waals surface area contributed by atoms with Gasteiger partial charge in [-0.1, -0.05) is 12.1 Å². The van der Waals surface area contributed by atoms with Crippen molar-refractivity contribution in [1.82, 2.24) is 9.55 Å². The molecule has 1 aromatic heterocycles. The Morgan fingerprint density at radius 1 is 1.39 bits per heavy atom. The first-order chi connectivity index (χ1) is 8.85. The second kappa shape index (κ2) is 5.06. The molecule has 1 aromatic carbocycles.